The Morgan fingerprint density at radius 1 is 1.26 bits per heavy atom. The van der Waals surface area contributed by atoms with Crippen molar-refractivity contribution in [2.75, 3.05) is 6.61 Å². The average molecular weight is 261 g/mol. The Labute approximate surface area is 115 Å². The molecule has 0 atom stereocenters. The molecule has 3 heteroatoms. The summed E-state index contributed by atoms with van der Waals surface area (Å²) in [5.74, 6) is 1.29. The Bertz CT molecular complexity index is 411. The fourth-order valence-electron chi connectivity index (χ4n) is 2.64. The topological polar surface area (TPSA) is 38.3 Å². The molecule has 1 aliphatic carbocycles. The minimum absolute atomic E-state index is 0.200. The molecule has 1 fully saturated rings. The Morgan fingerprint density at radius 3 is 2.74 bits per heavy atom. The molecule has 0 spiro atoms. The molecule has 1 saturated carbocycles. The molecule has 1 amide bonds. The smallest absolute Gasteiger partial charge is 0.223 e. The van der Waals surface area contributed by atoms with Crippen LogP contribution < -0.4 is 10.1 Å². The van der Waals surface area contributed by atoms with Crippen molar-refractivity contribution in [3.63, 3.8) is 0 Å². The molecule has 0 heterocycles. The summed E-state index contributed by atoms with van der Waals surface area (Å²) in [6.45, 7) is 3.18. The first-order valence-corrected chi connectivity index (χ1v) is 7.29. The lowest BCUT2D eigenvalue weighted by Crippen LogP contribution is -2.31. The standard InChI is InChI=1S/C16H23NO2/c1-2-19-15-11-7-6-10-14(15)12-17-16(18)13-8-4-3-5-9-13/h6-7,10-11,13H,2-5,8-9,12H2,1H3,(H,17,18). The Morgan fingerprint density at radius 2 is 2.00 bits per heavy atom. The van der Waals surface area contributed by atoms with Crippen molar-refractivity contribution >= 4 is 5.91 Å². The van der Waals surface area contributed by atoms with Crippen LogP contribution in [0.4, 0.5) is 0 Å². The van der Waals surface area contributed by atoms with Crippen LogP contribution in [0.3, 0.4) is 0 Å². The largest absolute Gasteiger partial charge is 0.494 e. The molecule has 0 radical (unpaired) electrons. The van der Waals surface area contributed by atoms with E-state index in [0.717, 1.165) is 24.2 Å². The molecule has 0 aromatic heterocycles. The summed E-state index contributed by atoms with van der Waals surface area (Å²) < 4.78 is 5.56. The maximum absolute atomic E-state index is 12.1. The van der Waals surface area contributed by atoms with Crippen LogP contribution in [-0.2, 0) is 11.3 Å². The molecule has 0 unspecified atom stereocenters. The first-order chi connectivity index (χ1) is 9.31. The van der Waals surface area contributed by atoms with Crippen molar-refractivity contribution in [1.29, 1.82) is 0 Å². The van der Waals surface area contributed by atoms with E-state index >= 15 is 0 Å². The van der Waals surface area contributed by atoms with Crippen LogP contribution in [-0.4, -0.2) is 12.5 Å². The van der Waals surface area contributed by atoms with Crippen LogP contribution in [0.25, 0.3) is 0 Å². The summed E-state index contributed by atoms with van der Waals surface area (Å²) in [4.78, 5) is 12.1. The highest BCUT2D eigenvalue weighted by atomic mass is 16.5. The second-order valence-electron chi connectivity index (χ2n) is 5.09. The molecule has 1 aromatic rings. The third-order valence-corrected chi connectivity index (χ3v) is 3.70. The van der Waals surface area contributed by atoms with E-state index in [0.29, 0.717) is 13.2 Å². The highest BCUT2D eigenvalue weighted by Crippen LogP contribution is 2.24. The van der Waals surface area contributed by atoms with Gasteiger partial charge in [0.25, 0.3) is 0 Å². The van der Waals surface area contributed by atoms with E-state index in [1.807, 2.05) is 31.2 Å². The highest BCUT2D eigenvalue weighted by Gasteiger charge is 2.20. The molecule has 104 valence electrons. The summed E-state index contributed by atoms with van der Waals surface area (Å²) in [5, 5.41) is 3.05. The fraction of sp³-hybridized carbons (Fsp3) is 0.562. The summed E-state index contributed by atoms with van der Waals surface area (Å²) in [6.07, 6.45) is 5.73. The van der Waals surface area contributed by atoms with Crippen LogP contribution >= 0.6 is 0 Å². The van der Waals surface area contributed by atoms with Gasteiger partial charge < -0.3 is 10.1 Å². The zero-order valence-electron chi connectivity index (χ0n) is 11.7. The number of nitrogens with one attached hydrogen (secondary N) is 1. The first-order valence-electron chi connectivity index (χ1n) is 7.29. The molecule has 0 bridgehead atoms. The van der Waals surface area contributed by atoms with Gasteiger partial charge in [-0.3, -0.25) is 4.79 Å². The van der Waals surface area contributed by atoms with Gasteiger partial charge >= 0.3 is 0 Å². The van der Waals surface area contributed by atoms with Gasteiger partial charge in [0.1, 0.15) is 5.75 Å². The van der Waals surface area contributed by atoms with E-state index in [-0.39, 0.29) is 11.8 Å². The van der Waals surface area contributed by atoms with Gasteiger partial charge in [0.05, 0.1) is 6.61 Å². The number of carbonyl (C=O) groups is 1. The van der Waals surface area contributed by atoms with E-state index < -0.39 is 0 Å². The van der Waals surface area contributed by atoms with Gasteiger partial charge in [-0.25, -0.2) is 0 Å². The van der Waals surface area contributed by atoms with Crippen molar-refractivity contribution < 1.29 is 9.53 Å². The second-order valence-corrected chi connectivity index (χ2v) is 5.09. The van der Waals surface area contributed by atoms with E-state index in [9.17, 15) is 4.79 Å². The summed E-state index contributed by atoms with van der Waals surface area (Å²) >= 11 is 0. The van der Waals surface area contributed by atoms with Gasteiger partial charge in [-0.15, -0.1) is 0 Å². The van der Waals surface area contributed by atoms with Gasteiger partial charge in [0, 0.05) is 18.0 Å². The third-order valence-electron chi connectivity index (χ3n) is 3.70. The molecule has 1 aliphatic rings. The van der Waals surface area contributed by atoms with Gasteiger partial charge in [0.15, 0.2) is 0 Å². The Balaban J connectivity index is 1.89. The number of para-hydroxylation sites is 1. The number of hydrogen-bond acceptors (Lipinski definition) is 2. The Hall–Kier alpha value is -1.51. The monoisotopic (exact) mass is 261 g/mol. The molecule has 0 saturated heterocycles. The quantitative estimate of drug-likeness (QED) is 0.883. The van der Waals surface area contributed by atoms with Gasteiger partial charge in [-0.05, 0) is 25.8 Å². The second kappa shape index (κ2) is 7.17. The molecule has 3 nitrogen and oxygen atoms in total. The molecule has 0 aliphatic heterocycles. The van der Waals surface area contributed by atoms with Gasteiger partial charge in [0.2, 0.25) is 5.91 Å². The normalized spacial score (nSPS) is 16.1. The average Bonchev–Trinajstić information content (AvgIpc) is 2.47. The van der Waals surface area contributed by atoms with Crippen molar-refractivity contribution in [3.8, 4) is 5.75 Å². The summed E-state index contributed by atoms with van der Waals surface area (Å²) in [7, 11) is 0. The zero-order valence-corrected chi connectivity index (χ0v) is 11.7. The maximum Gasteiger partial charge on any atom is 0.223 e. The molecule has 19 heavy (non-hydrogen) atoms. The van der Waals surface area contributed by atoms with E-state index in [4.69, 9.17) is 4.74 Å². The van der Waals surface area contributed by atoms with Crippen molar-refractivity contribution in [2.24, 2.45) is 5.92 Å². The summed E-state index contributed by atoms with van der Waals surface area (Å²) in [5.41, 5.74) is 1.05. The van der Waals surface area contributed by atoms with Crippen LogP contribution in [0, 0.1) is 5.92 Å². The molecular weight excluding hydrogens is 238 g/mol. The third kappa shape index (κ3) is 3.98. The highest BCUT2D eigenvalue weighted by molar-refractivity contribution is 5.78. The van der Waals surface area contributed by atoms with Crippen LogP contribution in [0.1, 0.15) is 44.6 Å². The number of hydrogen-bond donors (Lipinski definition) is 1. The number of amides is 1. The fourth-order valence-corrected chi connectivity index (χ4v) is 2.64. The number of carbonyl (C=O) groups excluding carboxylic acids is 1. The lowest BCUT2D eigenvalue weighted by molar-refractivity contribution is -0.126. The number of ether oxygens (including phenoxy) is 1. The Kier molecular flexibility index (Phi) is 5.25. The number of rotatable bonds is 5. The minimum Gasteiger partial charge on any atom is -0.494 e. The predicted molar refractivity (Wildman–Crippen MR) is 76.0 cm³/mol. The van der Waals surface area contributed by atoms with Crippen molar-refractivity contribution in [1.82, 2.24) is 5.32 Å². The van der Waals surface area contributed by atoms with E-state index in [1.165, 1.54) is 19.3 Å². The van der Waals surface area contributed by atoms with Crippen LogP contribution in [0.15, 0.2) is 24.3 Å². The SMILES string of the molecule is CCOc1ccccc1CNC(=O)C1CCCCC1. The van der Waals surface area contributed by atoms with Gasteiger partial charge in [-0.1, -0.05) is 37.5 Å². The van der Waals surface area contributed by atoms with Crippen molar-refractivity contribution in [2.45, 2.75) is 45.6 Å². The van der Waals surface area contributed by atoms with Crippen molar-refractivity contribution in [3.05, 3.63) is 29.8 Å². The minimum atomic E-state index is 0.200. The van der Waals surface area contributed by atoms with Gasteiger partial charge in [-0.2, -0.15) is 0 Å². The molecule has 2 rings (SSSR count). The zero-order chi connectivity index (χ0) is 13.5. The lowest BCUT2D eigenvalue weighted by atomic mass is 9.88. The first kappa shape index (κ1) is 13.9. The van der Waals surface area contributed by atoms with Crippen LogP contribution in [0.5, 0.6) is 5.75 Å². The van der Waals surface area contributed by atoms with E-state index in [1.54, 1.807) is 0 Å². The number of benzene rings is 1. The predicted octanol–water partition coefficient (Wildman–Crippen LogP) is 3.28. The molecule has 1 aromatic carbocycles. The summed E-state index contributed by atoms with van der Waals surface area (Å²) in [6, 6.07) is 7.89. The van der Waals surface area contributed by atoms with E-state index in [2.05, 4.69) is 5.32 Å². The maximum atomic E-state index is 12.1. The lowest BCUT2D eigenvalue weighted by Gasteiger charge is -2.21. The molecule has 1 N–H and O–H groups in total. The molecular formula is C16H23NO2. The van der Waals surface area contributed by atoms with Crippen LogP contribution in [0.2, 0.25) is 0 Å².